The van der Waals surface area contributed by atoms with Gasteiger partial charge in [-0.15, -0.1) is 0 Å². The van der Waals surface area contributed by atoms with Crippen LogP contribution in [0.4, 0.5) is 0 Å². The van der Waals surface area contributed by atoms with Gasteiger partial charge < -0.3 is 10.2 Å². The van der Waals surface area contributed by atoms with E-state index in [1.807, 2.05) is 10.9 Å². The Morgan fingerprint density at radius 1 is 0.833 bits per heavy atom. The van der Waals surface area contributed by atoms with Gasteiger partial charge in [0.05, 0.1) is 0 Å². The van der Waals surface area contributed by atoms with Crippen molar-refractivity contribution in [3.05, 3.63) is 35.4 Å². The summed E-state index contributed by atoms with van der Waals surface area (Å²) in [7, 11) is 0. The SMILES string of the molecule is NNC(=O)c1cccc(C(=O)NN)c1.O=C(O)CCCCC(=O)O. The van der Waals surface area contributed by atoms with Crippen LogP contribution in [0.15, 0.2) is 24.3 Å². The van der Waals surface area contributed by atoms with Crippen LogP contribution in [0.1, 0.15) is 46.4 Å². The van der Waals surface area contributed by atoms with Gasteiger partial charge in [-0.1, -0.05) is 6.07 Å². The van der Waals surface area contributed by atoms with Gasteiger partial charge in [-0.3, -0.25) is 30.0 Å². The molecular weight excluding hydrogens is 320 g/mol. The van der Waals surface area contributed by atoms with Crippen LogP contribution in [0.3, 0.4) is 0 Å². The Kier molecular flexibility index (Phi) is 10.1. The number of benzene rings is 1. The van der Waals surface area contributed by atoms with E-state index >= 15 is 0 Å². The maximum absolute atomic E-state index is 11.1. The highest BCUT2D eigenvalue weighted by molar-refractivity contribution is 5.99. The largest absolute Gasteiger partial charge is 0.481 e. The van der Waals surface area contributed by atoms with Crippen molar-refractivity contribution in [2.45, 2.75) is 25.7 Å². The number of rotatable bonds is 7. The third-order valence-corrected chi connectivity index (χ3v) is 2.68. The molecule has 0 aliphatic heterocycles. The van der Waals surface area contributed by atoms with Crippen molar-refractivity contribution in [3.63, 3.8) is 0 Å². The molecular formula is C14H20N4O6. The molecule has 0 radical (unpaired) electrons. The van der Waals surface area contributed by atoms with E-state index in [0.717, 1.165) is 0 Å². The minimum Gasteiger partial charge on any atom is -0.481 e. The number of carbonyl (C=O) groups excluding carboxylic acids is 2. The van der Waals surface area contributed by atoms with Crippen molar-refractivity contribution in [3.8, 4) is 0 Å². The fraction of sp³-hybridized carbons (Fsp3) is 0.286. The van der Waals surface area contributed by atoms with Crippen LogP contribution in [0.5, 0.6) is 0 Å². The molecule has 132 valence electrons. The quantitative estimate of drug-likeness (QED) is 0.168. The van der Waals surface area contributed by atoms with E-state index in [2.05, 4.69) is 0 Å². The Labute approximate surface area is 137 Å². The lowest BCUT2D eigenvalue weighted by atomic mass is 10.1. The molecule has 0 aromatic heterocycles. The Morgan fingerprint density at radius 2 is 1.21 bits per heavy atom. The molecule has 1 rings (SSSR count). The number of nitrogens with two attached hydrogens (primary N) is 2. The van der Waals surface area contributed by atoms with Gasteiger partial charge in [0.25, 0.3) is 11.8 Å². The molecule has 10 nitrogen and oxygen atoms in total. The number of unbranched alkanes of at least 4 members (excludes halogenated alkanes) is 1. The van der Waals surface area contributed by atoms with Gasteiger partial charge in [0.15, 0.2) is 0 Å². The summed E-state index contributed by atoms with van der Waals surface area (Å²) >= 11 is 0. The van der Waals surface area contributed by atoms with Crippen LogP contribution in [0.2, 0.25) is 0 Å². The van der Waals surface area contributed by atoms with Crippen molar-refractivity contribution >= 4 is 23.8 Å². The zero-order chi connectivity index (χ0) is 18.5. The van der Waals surface area contributed by atoms with Crippen LogP contribution in [0, 0.1) is 0 Å². The first-order valence-electron chi connectivity index (χ1n) is 6.87. The number of carbonyl (C=O) groups is 4. The summed E-state index contributed by atoms with van der Waals surface area (Å²) in [5, 5.41) is 16.3. The van der Waals surface area contributed by atoms with E-state index < -0.39 is 23.8 Å². The fourth-order valence-electron chi connectivity index (χ4n) is 1.52. The van der Waals surface area contributed by atoms with Crippen molar-refractivity contribution in [2.24, 2.45) is 11.7 Å². The summed E-state index contributed by atoms with van der Waals surface area (Å²) in [5.41, 5.74) is 4.53. The summed E-state index contributed by atoms with van der Waals surface area (Å²) in [6.45, 7) is 0. The van der Waals surface area contributed by atoms with Crippen molar-refractivity contribution in [2.75, 3.05) is 0 Å². The topological polar surface area (TPSA) is 185 Å². The Hall–Kier alpha value is -2.98. The third-order valence-electron chi connectivity index (χ3n) is 2.68. The molecule has 1 aromatic rings. The van der Waals surface area contributed by atoms with Crippen molar-refractivity contribution in [1.82, 2.24) is 10.9 Å². The molecule has 0 aliphatic rings. The van der Waals surface area contributed by atoms with E-state index in [0.29, 0.717) is 24.0 Å². The Morgan fingerprint density at radius 3 is 1.50 bits per heavy atom. The summed E-state index contributed by atoms with van der Waals surface area (Å²) in [6, 6.07) is 6.03. The number of aliphatic carboxylic acids is 2. The normalized spacial score (nSPS) is 9.25. The van der Waals surface area contributed by atoms with E-state index in [4.69, 9.17) is 21.9 Å². The molecule has 0 unspecified atom stereocenters. The maximum Gasteiger partial charge on any atom is 0.303 e. The lowest BCUT2D eigenvalue weighted by Gasteiger charge is -2.02. The zero-order valence-corrected chi connectivity index (χ0v) is 12.8. The average molecular weight is 340 g/mol. The fourth-order valence-corrected chi connectivity index (χ4v) is 1.52. The molecule has 0 saturated carbocycles. The molecule has 0 fully saturated rings. The summed E-state index contributed by atoms with van der Waals surface area (Å²) < 4.78 is 0. The molecule has 8 N–H and O–H groups in total. The first kappa shape index (κ1) is 21.0. The summed E-state index contributed by atoms with van der Waals surface area (Å²) in [6.07, 6.45) is 1.02. The highest BCUT2D eigenvalue weighted by Crippen LogP contribution is 2.04. The number of hydrogen-bond donors (Lipinski definition) is 6. The number of carboxylic acids is 2. The Bertz CT molecular complexity index is 543. The third kappa shape index (κ3) is 9.12. The number of amides is 2. The van der Waals surface area contributed by atoms with E-state index in [1.54, 1.807) is 6.07 Å². The smallest absolute Gasteiger partial charge is 0.303 e. The lowest BCUT2D eigenvalue weighted by Crippen LogP contribution is -2.32. The van der Waals surface area contributed by atoms with Gasteiger partial charge in [-0.05, 0) is 31.0 Å². The van der Waals surface area contributed by atoms with E-state index in [1.165, 1.54) is 18.2 Å². The molecule has 10 heteroatoms. The number of hydrazine groups is 2. The number of nitrogens with one attached hydrogen (secondary N) is 2. The van der Waals surface area contributed by atoms with Crippen LogP contribution in [0.25, 0.3) is 0 Å². The predicted octanol–water partition coefficient (Wildman–Crippen LogP) is -0.390. The van der Waals surface area contributed by atoms with Gasteiger partial charge in [-0.2, -0.15) is 0 Å². The van der Waals surface area contributed by atoms with Crippen molar-refractivity contribution < 1.29 is 29.4 Å². The molecule has 0 spiro atoms. The zero-order valence-electron chi connectivity index (χ0n) is 12.8. The maximum atomic E-state index is 11.1. The molecule has 0 aliphatic carbocycles. The standard InChI is InChI=1S/C8H10N4O2.C6H10O4/c9-11-7(13)5-2-1-3-6(4-5)8(14)12-10;7-5(8)3-1-2-4-6(9)10/h1-4H,9-10H2,(H,11,13)(H,12,14);1-4H2,(H,7,8)(H,9,10). The van der Waals surface area contributed by atoms with Crippen LogP contribution < -0.4 is 22.5 Å². The number of hydrogen-bond acceptors (Lipinski definition) is 6. The van der Waals surface area contributed by atoms with Gasteiger partial charge in [0.2, 0.25) is 0 Å². The van der Waals surface area contributed by atoms with E-state index in [9.17, 15) is 19.2 Å². The molecule has 0 bridgehead atoms. The molecule has 1 aromatic carbocycles. The lowest BCUT2D eigenvalue weighted by molar-refractivity contribution is -0.139. The predicted molar refractivity (Wildman–Crippen MR) is 83.5 cm³/mol. The molecule has 24 heavy (non-hydrogen) atoms. The van der Waals surface area contributed by atoms with Crippen LogP contribution in [-0.4, -0.2) is 34.0 Å². The second-order valence-electron chi connectivity index (χ2n) is 4.52. The number of carboxylic acid groups (broad SMARTS) is 2. The van der Waals surface area contributed by atoms with Gasteiger partial charge >= 0.3 is 11.9 Å². The molecule has 0 atom stereocenters. The van der Waals surface area contributed by atoms with Crippen LogP contribution >= 0.6 is 0 Å². The van der Waals surface area contributed by atoms with Crippen LogP contribution in [-0.2, 0) is 9.59 Å². The van der Waals surface area contributed by atoms with Gasteiger partial charge in [0, 0.05) is 24.0 Å². The van der Waals surface area contributed by atoms with Gasteiger partial charge in [-0.25, -0.2) is 11.7 Å². The second kappa shape index (κ2) is 11.6. The second-order valence-corrected chi connectivity index (χ2v) is 4.52. The first-order chi connectivity index (χ1) is 11.3. The number of nitrogen functional groups attached to an aromatic ring is 2. The monoisotopic (exact) mass is 340 g/mol. The highest BCUT2D eigenvalue weighted by Gasteiger charge is 2.07. The van der Waals surface area contributed by atoms with Crippen molar-refractivity contribution in [1.29, 1.82) is 0 Å². The highest BCUT2D eigenvalue weighted by atomic mass is 16.4. The Balaban J connectivity index is 0.000000470. The van der Waals surface area contributed by atoms with E-state index in [-0.39, 0.29) is 12.8 Å². The van der Waals surface area contributed by atoms with Gasteiger partial charge in [0.1, 0.15) is 0 Å². The average Bonchev–Trinajstić information content (AvgIpc) is 2.57. The summed E-state index contributed by atoms with van der Waals surface area (Å²) in [4.78, 5) is 41.9. The molecule has 2 amide bonds. The summed E-state index contributed by atoms with van der Waals surface area (Å²) in [5.74, 6) is 7.21. The minimum absolute atomic E-state index is 0.0628. The minimum atomic E-state index is -0.870. The molecule has 0 saturated heterocycles. The first-order valence-corrected chi connectivity index (χ1v) is 6.87. The molecule has 0 heterocycles.